The van der Waals surface area contributed by atoms with Crippen LogP contribution in [0.2, 0.25) is 0 Å². The minimum Gasteiger partial charge on any atom is -0.378 e. The zero-order valence-electron chi connectivity index (χ0n) is 16.1. The topological polar surface area (TPSA) is 75.3 Å². The van der Waals surface area contributed by atoms with Crippen LogP contribution in [0.25, 0.3) is 11.6 Å². The summed E-state index contributed by atoms with van der Waals surface area (Å²) in [6.45, 7) is 6.16. The van der Waals surface area contributed by atoms with Gasteiger partial charge in [-0.1, -0.05) is 31.2 Å². The van der Waals surface area contributed by atoms with E-state index in [1.807, 2.05) is 43.3 Å². The number of ether oxygens (including phenoxy) is 1. The molecule has 146 valence electrons. The molecule has 0 bridgehead atoms. The number of morpholine rings is 1. The van der Waals surface area contributed by atoms with Crippen LogP contribution in [-0.4, -0.2) is 41.7 Å². The number of carbonyl (C=O) groups excluding carboxylic acids is 1. The van der Waals surface area contributed by atoms with Crippen molar-refractivity contribution in [3.05, 3.63) is 54.9 Å². The highest BCUT2D eigenvalue weighted by Crippen LogP contribution is 2.07. The maximum Gasteiger partial charge on any atom is 0.269 e. The lowest BCUT2D eigenvalue weighted by atomic mass is 10.1. The first-order chi connectivity index (χ1) is 13.6. The van der Waals surface area contributed by atoms with Gasteiger partial charge in [0.05, 0.1) is 17.7 Å². The monoisotopic (exact) mass is 397 g/mol. The van der Waals surface area contributed by atoms with Crippen molar-refractivity contribution in [2.45, 2.75) is 26.8 Å². The van der Waals surface area contributed by atoms with Crippen LogP contribution in [0.5, 0.6) is 0 Å². The summed E-state index contributed by atoms with van der Waals surface area (Å²) in [5.74, 6) is -0.340. The van der Waals surface area contributed by atoms with E-state index in [1.165, 1.54) is 21.5 Å². The van der Waals surface area contributed by atoms with Crippen molar-refractivity contribution < 1.29 is 9.53 Å². The van der Waals surface area contributed by atoms with Gasteiger partial charge < -0.3 is 9.64 Å². The molecule has 7 heteroatoms. The average molecular weight is 398 g/mol. The molecule has 1 saturated heterocycles. The molecule has 6 nitrogen and oxygen atoms in total. The van der Waals surface area contributed by atoms with Crippen LogP contribution in [0.1, 0.15) is 25.0 Å². The number of thiazole rings is 1. The molecule has 0 N–H and O–H groups in total. The summed E-state index contributed by atoms with van der Waals surface area (Å²) in [5, 5.41) is 9.66. The molecule has 0 aliphatic carbocycles. The van der Waals surface area contributed by atoms with Gasteiger partial charge in [0.25, 0.3) is 11.5 Å². The van der Waals surface area contributed by atoms with Gasteiger partial charge in [-0.3, -0.25) is 14.2 Å². The highest BCUT2D eigenvalue weighted by atomic mass is 32.1. The first kappa shape index (κ1) is 20.1. The summed E-state index contributed by atoms with van der Waals surface area (Å²) in [6.07, 6.45) is 2.77. The molecule has 0 unspecified atom stereocenters. The van der Waals surface area contributed by atoms with Crippen molar-refractivity contribution in [3.63, 3.8) is 0 Å². The van der Waals surface area contributed by atoms with E-state index in [4.69, 9.17) is 4.74 Å². The first-order valence-electron chi connectivity index (χ1n) is 9.40. The molecule has 3 rings (SSSR count). The molecular formula is C21H23N3O3S. The third-order valence-electron chi connectivity index (χ3n) is 4.75. The molecule has 2 aromatic rings. The first-order valence-corrected chi connectivity index (χ1v) is 10.2. The van der Waals surface area contributed by atoms with Gasteiger partial charge in [0.1, 0.15) is 10.7 Å². The summed E-state index contributed by atoms with van der Waals surface area (Å²) < 4.78 is 7.72. The number of hydrogen-bond acceptors (Lipinski definition) is 5. The van der Waals surface area contributed by atoms with Crippen LogP contribution >= 0.6 is 11.3 Å². The minimum absolute atomic E-state index is 0.0202. The van der Waals surface area contributed by atoms with E-state index in [0.717, 1.165) is 12.0 Å². The number of nitrogens with zero attached hydrogens (tertiary/aromatic N) is 3. The van der Waals surface area contributed by atoms with E-state index >= 15 is 0 Å². The van der Waals surface area contributed by atoms with E-state index < -0.39 is 0 Å². The number of hydrogen-bond donors (Lipinski definition) is 0. The zero-order chi connectivity index (χ0) is 20.1. The van der Waals surface area contributed by atoms with E-state index in [-0.39, 0.29) is 17.0 Å². The van der Waals surface area contributed by atoms with Crippen molar-refractivity contribution in [2.24, 2.45) is 0 Å². The molecule has 1 aliphatic rings. The number of aryl methyl sites for hydroxylation is 1. The fraction of sp³-hybridized carbons (Fsp3) is 0.381. The zero-order valence-corrected chi connectivity index (χ0v) is 16.9. The van der Waals surface area contributed by atoms with Crippen LogP contribution in [0.15, 0.2) is 29.1 Å². The molecule has 0 spiro atoms. The Morgan fingerprint density at radius 1 is 1.25 bits per heavy atom. The summed E-state index contributed by atoms with van der Waals surface area (Å²) in [5.41, 5.74) is 1.99. The van der Waals surface area contributed by atoms with Gasteiger partial charge in [0.15, 0.2) is 5.57 Å². The lowest BCUT2D eigenvalue weighted by molar-refractivity contribution is -0.128. The lowest BCUT2D eigenvalue weighted by Crippen LogP contribution is -2.42. The second kappa shape index (κ2) is 9.00. The molecule has 1 fully saturated rings. The molecule has 1 aromatic carbocycles. The van der Waals surface area contributed by atoms with Crippen molar-refractivity contribution in [2.75, 3.05) is 26.3 Å². The number of rotatable bonds is 4. The van der Waals surface area contributed by atoms with Crippen molar-refractivity contribution in [1.82, 2.24) is 9.47 Å². The largest absolute Gasteiger partial charge is 0.378 e. The van der Waals surface area contributed by atoms with E-state index in [1.54, 1.807) is 4.90 Å². The molecule has 1 amide bonds. The summed E-state index contributed by atoms with van der Waals surface area (Å²) >= 11 is 1.20. The standard InChI is InChI=1S/C21H23N3O3S/c1-3-15-5-7-16(8-6-15)13-18-20(26)24(4-2)21(28-18)17(14-22)19(25)23-9-11-27-12-10-23/h5-8,13H,3-4,9-12H2,1-2H3. The maximum atomic E-state index is 12.8. The predicted molar refractivity (Wildman–Crippen MR) is 109 cm³/mol. The maximum absolute atomic E-state index is 12.8. The quantitative estimate of drug-likeness (QED) is 0.767. The molecule has 28 heavy (non-hydrogen) atoms. The van der Waals surface area contributed by atoms with Crippen LogP contribution in [-0.2, 0) is 22.5 Å². The van der Waals surface area contributed by atoms with Gasteiger partial charge in [-0.2, -0.15) is 5.26 Å². The fourth-order valence-corrected chi connectivity index (χ4v) is 4.26. The highest BCUT2D eigenvalue weighted by molar-refractivity contribution is 7.07. The van der Waals surface area contributed by atoms with Crippen molar-refractivity contribution in [1.29, 1.82) is 5.26 Å². The SMILES string of the molecule is CCc1ccc(C=c2sc(=C(C#N)C(=O)N3CCOCC3)n(CC)c2=O)cc1. The van der Waals surface area contributed by atoms with Gasteiger partial charge in [0.2, 0.25) is 0 Å². The Labute approximate surface area is 167 Å². The highest BCUT2D eigenvalue weighted by Gasteiger charge is 2.23. The number of benzene rings is 1. The minimum atomic E-state index is -0.340. The van der Waals surface area contributed by atoms with Crippen molar-refractivity contribution >= 4 is 28.9 Å². The van der Waals surface area contributed by atoms with Gasteiger partial charge in [-0.15, -0.1) is 11.3 Å². The molecule has 1 aromatic heterocycles. The average Bonchev–Trinajstić information content (AvgIpc) is 3.04. The number of aromatic nitrogens is 1. The third kappa shape index (κ3) is 4.08. The second-order valence-electron chi connectivity index (χ2n) is 6.45. The molecule has 0 atom stereocenters. The Bertz CT molecular complexity index is 1070. The molecule has 2 heterocycles. The molecule has 0 saturated carbocycles. The van der Waals surface area contributed by atoms with E-state index in [2.05, 4.69) is 6.92 Å². The van der Waals surface area contributed by atoms with E-state index in [0.29, 0.717) is 42.0 Å². The Morgan fingerprint density at radius 2 is 1.93 bits per heavy atom. The van der Waals surface area contributed by atoms with Crippen LogP contribution in [0, 0.1) is 11.3 Å². The number of carbonyl (C=O) groups is 1. The van der Waals surface area contributed by atoms with Crippen molar-refractivity contribution in [3.8, 4) is 6.07 Å². The summed E-state index contributed by atoms with van der Waals surface area (Å²) in [7, 11) is 0. The lowest BCUT2D eigenvalue weighted by Gasteiger charge is -2.26. The molecule has 0 radical (unpaired) electrons. The fourth-order valence-electron chi connectivity index (χ4n) is 3.11. The van der Waals surface area contributed by atoms with E-state index in [9.17, 15) is 14.9 Å². The predicted octanol–water partition coefficient (Wildman–Crippen LogP) is 0.854. The smallest absolute Gasteiger partial charge is 0.269 e. The Hall–Kier alpha value is -2.69. The Kier molecular flexibility index (Phi) is 6.45. The third-order valence-corrected chi connectivity index (χ3v) is 5.88. The summed E-state index contributed by atoms with van der Waals surface area (Å²) in [4.78, 5) is 27.3. The second-order valence-corrected chi connectivity index (χ2v) is 7.48. The summed E-state index contributed by atoms with van der Waals surface area (Å²) in [6, 6.07) is 10.0. The van der Waals surface area contributed by atoms with Gasteiger partial charge >= 0.3 is 0 Å². The van der Waals surface area contributed by atoms with Gasteiger partial charge in [-0.05, 0) is 30.5 Å². The Balaban J connectivity index is 2.12. The van der Waals surface area contributed by atoms with Crippen LogP contribution < -0.4 is 14.8 Å². The van der Waals surface area contributed by atoms with Crippen LogP contribution in [0.3, 0.4) is 0 Å². The number of amides is 1. The van der Waals surface area contributed by atoms with Gasteiger partial charge in [0, 0.05) is 19.6 Å². The van der Waals surface area contributed by atoms with Crippen LogP contribution in [0.4, 0.5) is 0 Å². The number of nitriles is 1. The Morgan fingerprint density at radius 3 is 2.50 bits per heavy atom. The molecule has 1 aliphatic heterocycles. The normalized spacial score (nSPS) is 16.0. The molecular weight excluding hydrogens is 374 g/mol. The van der Waals surface area contributed by atoms with Gasteiger partial charge in [-0.25, -0.2) is 0 Å².